The molecule has 3 N–H and O–H groups in total. The number of hydrogen-bond acceptors (Lipinski definition) is 4. The second-order valence-electron chi connectivity index (χ2n) is 4.26. The zero-order chi connectivity index (χ0) is 14.0. The zero-order valence-corrected chi connectivity index (χ0v) is 11.7. The van der Waals surface area contributed by atoms with Crippen LogP contribution in [0.25, 0.3) is 0 Å². The summed E-state index contributed by atoms with van der Waals surface area (Å²) in [6, 6.07) is 1.57. The number of nitrogens with two attached hydrogens (primary N) is 1. The average molecular weight is 283 g/mol. The van der Waals surface area contributed by atoms with Crippen LogP contribution in [0, 0.1) is 0 Å². The van der Waals surface area contributed by atoms with Crippen LogP contribution in [0.5, 0.6) is 0 Å². The van der Waals surface area contributed by atoms with Crippen LogP contribution in [0.2, 0.25) is 0 Å². The van der Waals surface area contributed by atoms with Gasteiger partial charge in [0.15, 0.2) is 0 Å². The summed E-state index contributed by atoms with van der Waals surface area (Å²) >= 11 is 0. The third-order valence-electron chi connectivity index (χ3n) is 2.94. The van der Waals surface area contributed by atoms with Crippen LogP contribution in [-0.2, 0) is 37.2 Å². The average Bonchev–Trinajstić information content (AvgIpc) is 2.93. The van der Waals surface area contributed by atoms with Crippen LogP contribution in [-0.4, -0.2) is 22.5 Å². The van der Waals surface area contributed by atoms with E-state index < -0.39 is 10.0 Å². The Morgan fingerprint density at radius 2 is 2.11 bits per heavy atom. The fourth-order valence-corrected chi connectivity index (χ4v) is 2.81. The summed E-state index contributed by atoms with van der Waals surface area (Å²) in [7, 11) is 0.0304. The van der Waals surface area contributed by atoms with E-state index in [0.29, 0.717) is 12.4 Å². The Morgan fingerprint density at radius 1 is 1.37 bits per heavy atom. The minimum Gasteiger partial charge on any atom is -0.352 e. The molecule has 8 heteroatoms. The molecule has 0 aliphatic heterocycles. The van der Waals surface area contributed by atoms with E-state index in [4.69, 9.17) is 5.73 Å². The first-order chi connectivity index (χ1) is 8.94. The van der Waals surface area contributed by atoms with Crippen LogP contribution in [0.1, 0.15) is 11.5 Å². The summed E-state index contributed by atoms with van der Waals surface area (Å²) in [5.74, 6) is 0.651. The van der Waals surface area contributed by atoms with Gasteiger partial charge in [-0.2, -0.15) is 0 Å². The SMILES string of the molecule is Cn1cc(S(=O)(=O)NCc2nccn2C)cc1CN. The third kappa shape index (κ3) is 2.86. The van der Waals surface area contributed by atoms with Gasteiger partial charge in [-0.25, -0.2) is 18.1 Å². The number of imidazole rings is 1. The van der Waals surface area contributed by atoms with Gasteiger partial charge in [-0.05, 0) is 6.07 Å². The highest BCUT2D eigenvalue weighted by Gasteiger charge is 2.17. The van der Waals surface area contributed by atoms with Crippen molar-refractivity contribution in [2.45, 2.75) is 18.0 Å². The maximum absolute atomic E-state index is 12.1. The molecule has 7 nitrogen and oxygen atoms in total. The Balaban J connectivity index is 2.16. The number of nitrogens with one attached hydrogen (secondary N) is 1. The van der Waals surface area contributed by atoms with E-state index >= 15 is 0 Å². The van der Waals surface area contributed by atoms with E-state index in [1.165, 1.54) is 0 Å². The van der Waals surface area contributed by atoms with Crippen molar-refractivity contribution in [3.8, 4) is 0 Å². The minimum absolute atomic E-state index is 0.151. The minimum atomic E-state index is -3.54. The van der Waals surface area contributed by atoms with Gasteiger partial charge in [0.05, 0.1) is 11.4 Å². The number of hydrogen-bond donors (Lipinski definition) is 2. The highest BCUT2D eigenvalue weighted by atomic mass is 32.2. The van der Waals surface area contributed by atoms with Gasteiger partial charge in [0, 0.05) is 44.9 Å². The molecule has 0 radical (unpaired) electrons. The molecule has 0 aromatic carbocycles. The Bertz CT molecular complexity index is 671. The molecule has 0 bridgehead atoms. The molecule has 0 spiro atoms. The lowest BCUT2D eigenvalue weighted by molar-refractivity contribution is 0.577. The van der Waals surface area contributed by atoms with Crippen LogP contribution in [0.15, 0.2) is 29.6 Å². The summed E-state index contributed by atoms with van der Waals surface area (Å²) in [5.41, 5.74) is 6.29. The maximum Gasteiger partial charge on any atom is 0.242 e. The predicted molar refractivity (Wildman–Crippen MR) is 70.5 cm³/mol. The molecule has 0 unspecified atom stereocenters. The van der Waals surface area contributed by atoms with Gasteiger partial charge < -0.3 is 14.9 Å². The van der Waals surface area contributed by atoms with E-state index in [1.54, 1.807) is 40.8 Å². The highest BCUT2D eigenvalue weighted by molar-refractivity contribution is 7.89. The molecule has 2 aromatic heterocycles. The van der Waals surface area contributed by atoms with Gasteiger partial charge >= 0.3 is 0 Å². The van der Waals surface area contributed by atoms with Crippen molar-refractivity contribution in [3.63, 3.8) is 0 Å². The number of aryl methyl sites for hydroxylation is 2. The van der Waals surface area contributed by atoms with E-state index in [1.807, 2.05) is 7.05 Å². The lowest BCUT2D eigenvalue weighted by Gasteiger charge is -2.04. The standard InChI is InChI=1S/C11H17N5O2S/c1-15-4-3-13-11(15)7-14-19(17,18)10-5-9(6-12)16(2)8-10/h3-5,8,14H,6-7,12H2,1-2H3. The van der Waals surface area contributed by atoms with Crippen molar-refractivity contribution in [1.82, 2.24) is 18.8 Å². The van der Waals surface area contributed by atoms with Crippen LogP contribution in [0.3, 0.4) is 0 Å². The van der Waals surface area contributed by atoms with Gasteiger partial charge in [-0.1, -0.05) is 0 Å². The van der Waals surface area contributed by atoms with Crippen molar-refractivity contribution < 1.29 is 8.42 Å². The highest BCUT2D eigenvalue weighted by Crippen LogP contribution is 2.13. The normalized spacial score (nSPS) is 11.9. The van der Waals surface area contributed by atoms with Gasteiger partial charge in [0.1, 0.15) is 5.82 Å². The molecule has 2 heterocycles. The Labute approximate surface area is 112 Å². The molecule has 19 heavy (non-hydrogen) atoms. The maximum atomic E-state index is 12.1. The molecule has 2 aromatic rings. The van der Waals surface area contributed by atoms with Crippen molar-refractivity contribution in [1.29, 1.82) is 0 Å². The lowest BCUT2D eigenvalue weighted by atomic mass is 10.4. The summed E-state index contributed by atoms with van der Waals surface area (Å²) in [6.07, 6.45) is 4.93. The van der Waals surface area contributed by atoms with Gasteiger partial charge in [-0.3, -0.25) is 0 Å². The molecule has 0 amide bonds. The van der Waals surface area contributed by atoms with Crippen LogP contribution >= 0.6 is 0 Å². The fourth-order valence-electron chi connectivity index (χ4n) is 1.74. The van der Waals surface area contributed by atoms with Gasteiger partial charge in [0.2, 0.25) is 10.0 Å². The smallest absolute Gasteiger partial charge is 0.242 e. The van der Waals surface area contributed by atoms with Gasteiger partial charge in [-0.15, -0.1) is 0 Å². The molecular weight excluding hydrogens is 266 g/mol. The van der Waals surface area contributed by atoms with Gasteiger partial charge in [0.25, 0.3) is 0 Å². The van der Waals surface area contributed by atoms with E-state index in [9.17, 15) is 8.42 Å². The number of sulfonamides is 1. The molecule has 0 fully saturated rings. The predicted octanol–water partition coefficient (Wildman–Crippen LogP) is -0.304. The first-order valence-corrected chi connectivity index (χ1v) is 7.23. The summed E-state index contributed by atoms with van der Waals surface area (Å²) in [4.78, 5) is 4.27. The van der Waals surface area contributed by atoms with Crippen molar-refractivity contribution in [2.24, 2.45) is 19.8 Å². The Morgan fingerprint density at radius 3 is 2.63 bits per heavy atom. The summed E-state index contributed by atoms with van der Waals surface area (Å²) in [5, 5.41) is 0. The van der Waals surface area contributed by atoms with E-state index in [-0.39, 0.29) is 11.4 Å². The van der Waals surface area contributed by atoms with Crippen LogP contribution < -0.4 is 10.5 Å². The molecule has 0 saturated heterocycles. The topological polar surface area (TPSA) is 94.9 Å². The fraction of sp³-hybridized carbons (Fsp3) is 0.364. The van der Waals surface area contributed by atoms with Crippen LogP contribution in [0.4, 0.5) is 0 Å². The Kier molecular flexibility index (Phi) is 3.74. The third-order valence-corrected chi connectivity index (χ3v) is 4.31. The number of aromatic nitrogens is 3. The van der Waals surface area contributed by atoms with Crippen molar-refractivity contribution in [3.05, 3.63) is 36.2 Å². The first kappa shape index (κ1) is 13.8. The van der Waals surface area contributed by atoms with Crippen molar-refractivity contribution in [2.75, 3.05) is 0 Å². The largest absolute Gasteiger partial charge is 0.352 e. The quantitative estimate of drug-likeness (QED) is 0.787. The van der Waals surface area contributed by atoms with E-state index in [0.717, 1.165) is 5.69 Å². The second kappa shape index (κ2) is 5.16. The summed E-state index contributed by atoms with van der Waals surface area (Å²) in [6.45, 7) is 0.448. The monoisotopic (exact) mass is 283 g/mol. The molecular formula is C11H17N5O2S. The summed E-state index contributed by atoms with van der Waals surface area (Å²) < 4.78 is 30.2. The zero-order valence-electron chi connectivity index (χ0n) is 10.9. The lowest BCUT2D eigenvalue weighted by Crippen LogP contribution is -2.24. The van der Waals surface area contributed by atoms with E-state index in [2.05, 4.69) is 9.71 Å². The Hall–Kier alpha value is -1.64. The molecule has 0 aliphatic carbocycles. The number of rotatable bonds is 5. The first-order valence-electron chi connectivity index (χ1n) is 5.75. The molecule has 2 rings (SSSR count). The van der Waals surface area contributed by atoms with Crippen molar-refractivity contribution >= 4 is 10.0 Å². The molecule has 0 aliphatic rings. The molecule has 0 atom stereocenters. The molecule has 104 valence electrons. The molecule has 0 saturated carbocycles. The number of nitrogens with zero attached hydrogens (tertiary/aromatic N) is 3. The second-order valence-corrected chi connectivity index (χ2v) is 6.03.